The zero-order valence-electron chi connectivity index (χ0n) is 18.1. The maximum atomic E-state index is 12.4. The van der Waals surface area contributed by atoms with Crippen LogP contribution in [-0.4, -0.2) is 29.2 Å². The van der Waals surface area contributed by atoms with E-state index >= 15 is 0 Å². The number of hydrogen-bond acceptors (Lipinski definition) is 4. The van der Waals surface area contributed by atoms with Gasteiger partial charge in [0.25, 0.3) is 5.91 Å². The summed E-state index contributed by atoms with van der Waals surface area (Å²) in [5, 5.41) is 5.68. The highest BCUT2D eigenvalue weighted by atomic mass is 35.5. The molecule has 1 aromatic heterocycles. The quantitative estimate of drug-likeness (QED) is 0.323. The Morgan fingerprint density at radius 3 is 2.52 bits per heavy atom. The molecule has 1 heterocycles. The molecule has 0 spiro atoms. The number of para-hydroxylation sites is 1. The van der Waals surface area contributed by atoms with Crippen LogP contribution >= 0.6 is 23.2 Å². The van der Waals surface area contributed by atoms with Crippen molar-refractivity contribution >= 4 is 62.6 Å². The lowest BCUT2D eigenvalue weighted by molar-refractivity contribution is -0.153. The summed E-state index contributed by atoms with van der Waals surface area (Å²) in [5.74, 6) is -0.828. The molecule has 1 atom stereocenters. The van der Waals surface area contributed by atoms with Gasteiger partial charge in [0.1, 0.15) is 5.75 Å². The van der Waals surface area contributed by atoms with Crippen LogP contribution in [0.3, 0.4) is 0 Å². The highest BCUT2D eigenvalue weighted by Gasteiger charge is 2.19. The summed E-state index contributed by atoms with van der Waals surface area (Å²) in [6.45, 7) is 4.02. The van der Waals surface area contributed by atoms with Crippen LogP contribution in [0.1, 0.15) is 13.8 Å². The zero-order valence-corrected chi connectivity index (χ0v) is 19.6. The molecule has 1 amide bonds. The van der Waals surface area contributed by atoms with E-state index < -0.39 is 24.6 Å². The maximum absolute atomic E-state index is 12.4. The molecule has 0 radical (unpaired) electrons. The molecule has 170 valence electrons. The maximum Gasteiger partial charge on any atom is 0.347 e. The van der Waals surface area contributed by atoms with Crippen LogP contribution in [0.15, 0.2) is 60.7 Å². The summed E-state index contributed by atoms with van der Waals surface area (Å²) in [6, 6.07) is 18.6. The van der Waals surface area contributed by atoms with Crippen molar-refractivity contribution in [2.45, 2.75) is 26.5 Å². The second-order valence-electron chi connectivity index (χ2n) is 7.48. The number of benzene rings is 3. The molecule has 0 saturated heterocycles. The Hall–Kier alpha value is -3.22. The zero-order chi connectivity index (χ0) is 23.5. The molecule has 4 rings (SSSR count). The van der Waals surface area contributed by atoms with Crippen LogP contribution in [0.2, 0.25) is 10.0 Å². The van der Waals surface area contributed by atoms with Gasteiger partial charge in [0, 0.05) is 39.1 Å². The number of rotatable bonds is 7. The van der Waals surface area contributed by atoms with Crippen molar-refractivity contribution in [3.8, 4) is 5.75 Å². The largest absolute Gasteiger partial charge is 0.477 e. The smallest absolute Gasteiger partial charge is 0.347 e. The number of anilines is 1. The fraction of sp³-hybridized carbons (Fsp3) is 0.200. The van der Waals surface area contributed by atoms with Crippen LogP contribution < -0.4 is 10.1 Å². The fourth-order valence-corrected chi connectivity index (χ4v) is 4.19. The van der Waals surface area contributed by atoms with Crippen LogP contribution in [-0.2, 0) is 20.9 Å². The van der Waals surface area contributed by atoms with Gasteiger partial charge in [-0.2, -0.15) is 0 Å². The number of fused-ring (bicyclic) bond motifs is 3. The second kappa shape index (κ2) is 9.73. The van der Waals surface area contributed by atoms with Crippen LogP contribution in [0.4, 0.5) is 5.69 Å². The summed E-state index contributed by atoms with van der Waals surface area (Å²) < 4.78 is 12.8. The minimum Gasteiger partial charge on any atom is -0.477 e. The van der Waals surface area contributed by atoms with E-state index in [1.54, 1.807) is 12.1 Å². The Morgan fingerprint density at radius 2 is 1.76 bits per heavy atom. The normalized spacial score (nSPS) is 12.0. The SMILES string of the molecule is CCn1c2ccccc2c2cc(NC(=O)COC(=O)[C@H](C)Oc3ccc(Cl)cc3Cl)ccc21. The molecular formula is C25H22Cl2N2O4. The van der Waals surface area contributed by atoms with E-state index in [0.717, 1.165) is 28.4 Å². The van der Waals surface area contributed by atoms with Crippen LogP contribution in [0, 0.1) is 0 Å². The molecule has 0 saturated carbocycles. The predicted octanol–water partition coefficient (Wildman–Crippen LogP) is 6.07. The topological polar surface area (TPSA) is 69.6 Å². The summed E-state index contributed by atoms with van der Waals surface area (Å²) >= 11 is 11.9. The molecule has 0 aliphatic heterocycles. The number of carbonyl (C=O) groups excluding carboxylic acids is 2. The molecule has 0 bridgehead atoms. The summed E-state index contributed by atoms with van der Waals surface area (Å²) in [6.07, 6.45) is -0.951. The fourth-order valence-electron chi connectivity index (χ4n) is 3.73. The Balaban J connectivity index is 1.39. The Labute approximate surface area is 201 Å². The number of nitrogens with one attached hydrogen (secondary N) is 1. The van der Waals surface area contributed by atoms with Crippen LogP contribution in [0.5, 0.6) is 5.75 Å². The van der Waals surface area contributed by atoms with Gasteiger partial charge in [0.05, 0.1) is 5.02 Å². The van der Waals surface area contributed by atoms with Crippen molar-refractivity contribution in [1.29, 1.82) is 0 Å². The number of aryl methyl sites for hydroxylation is 1. The molecule has 0 unspecified atom stereocenters. The molecule has 4 aromatic rings. The summed E-state index contributed by atoms with van der Waals surface area (Å²) in [7, 11) is 0. The molecule has 33 heavy (non-hydrogen) atoms. The molecular weight excluding hydrogens is 463 g/mol. The third kappa shape index (κ3) is 4.92. The lowest BCUT2D eigenvalue weighted by Gasteiger charge is -2.15. The van der Waals surface area contributed by atoms with Gasteiger partial charge in [0.2, 0.25) is 0 Å². The lowest BCUT2D eigenvalue weighted by atomic mass is 10.1. The molecule has 0 fully saturated rings. The van der Waals surface area contributed by atoms with E-state index in [4.69, 9.17) is 32.7 Å². The van der Waals surface area contributed by atoms with E-state index in [-0.39, 0.29) is 5.02 Å². The van der Waals surface area contributed by atoms with Gasteiger partial charge in [0.15, 0.2) is 12.7 Å². The first-order chi connectivity index (χ1) is 15.9. The van der Waals surface area contributed by atoms with Gasteiger partial charge in [-0.05, 0) is 56.3 Å². The molecule has 6 nitrogen and oxygen atoms in total. The number of hydrogen-bond donors (Lipinski definition) is 1. The lowest BCUT2D eigenvalue weighted by Crippen LogP contribution is -2.29. The minimum absolute atomic E-state index is 0.278. The molecule has 0 aliphatic rings. The van der Waals surface area contributed by atoms with E-state index in [1.165, 1.54) is 13.0 Å². The average molecular weight is 485 g/mol. The van der Waals surface area contributed by atoms with E-state index in [9.17, 15) is 9.59 Å². The third-order valence-electron chi connectivity index (χ3n) is 5.25. The van der Waals surface area contributed by atoms with Crippen molar-refractivity contribution in [3.63, 3.8) is 0 Å². The highest BCUT2D eigenvalue weighted by Crippen LogP contribution is 2.31. The first kappa shape index (κ1) is 23.0. The second-order valence-corrected chi connectivity index (χ2v) is 8.33. The average Bonchev–Trinajstić information content (AvgIpc) is 3.12. The monoisotopic (exact) mass is 484 g/mol. The van der Waals surface area contributed by atoms with E-state index in [0.29, 0.717) is 16.5 Å². The first-order valence-electron chi connectivity index (χ1n) is 10.5. The van der Waals surface area contributed by atoms with Crippen molar-refractivity contribution in [2.75, 3.05) is 11.9 Å². The van der Waals surface area contributed by atoms with Gasteiger partial charge in [-0.1, -0.05) is 41.4 Å². The standard InChI is InChI=1S/C25H22Cl2N2O4/c1-3-29-21-7-5-4-6-18(21)19-13-17(9-10-22(19)29)28-24(30)14-32-25(31)15(2)33-23-11-8-16(26)12-20(23)27/h4-13,15H,3,14H2,1-2H3,(H,28,30)/t15-/m0/s1. The summed E-state index contributed by atoms with van der Waals surface area (Å²) in [5.41, 5.74) is 2.86. The summed E-state index contributed by atoms with van der Waals surface area (Å²) in [4.78, 5) is 24.6. The van der Waals surface area contributed by atoms with E-state index in [1.807, 2.05) is 30.3 Å². The third-order valence-corrected chi connectivity index (χ3v) is 5.78. The molecule has 0 aliphatic carbocycles. The Morgan fingerprint density at radius 1 is 1.00 bits per heavy atom. The molecule has 1 N–H and O–H groups in total. The number of amides is 1. The number of esters is 1. The first-order valence-corrected chi connectivity index (χ1v) is 11.2. The Kier molecular flexibility index (Phi) is 6.77. The van der Waals surface area contributed by atoms with Gasteiger partial charge in [-0.3, -0.25) is 4.79 Å². The number of aromatic nitrogens is 1. The number of nitrogens with zero attached hydrogens (tertiary/aromatic N) is 1. The van der Waals surface area contributed by atoms with Gasteiger partial charge >= 0.3 is 5.97 Å². The van der Waals surface area contributed by atoms with Crippen LogP contribution in [0.25, 0.3) is 21.8 Å². The van der Waals surface area contributed by atoms with Crippen molar-refractivity contribution in [3.05, 3.63) is 70.7 Å². The predicted molar refractivity (Wildman–Crippen MR) is 131 cm³/mol. The number of halogens is 2. The number of carbonyl (C=O) groups is 2. The van der Waals surface area contributed by atoms with E-state index in [2.05, 4.69) is 28.9 Å². The highest BCUT2D eigenvalue weighted by molar-refractivity contribution is 6.35. The minimum atomic E-state index is -0.951. The molecule has 3 aromatic carbocycles. The van der Waals surface area contributed by atoms with Crippen molar-refractivity contribution < 1.29 is 19.1 Å². The van der Waals surface area contributed by atoms with Crippen molar-refractivity contribution in [1.82, 2.24) is 4.57 Å². The van der Waals surface area contributed by atoms with Crippen molar-refractivity contribution in [2.24, 2.45) is 0 Å². The van der Waals surface area contributed by atoms with Gasteiger partial charge in [-0.15, -0.1) is 0 Å². The van der Waals surface area contributed by atoms with Gasteiger partial charge < -0.3 is 19.4 Å². The van der Waals surface area contributed by atoms with Gasteiger partial charge in [-0.25, -0.2) is 4.79 Å². The number of ether oxygens (including phenoxy) is 2. The Bertz CT molecular complexity index is 1350. The molecule has 8 heteroatoms.